The minimum atomic E-state index is -4.49. The maximum absolute atomic E-state index is 13.5. The summed E-state index contributed by atoms with van der Waals surface area (Å²) in [4.78, 5) is 0. The zero-order valence-corrected chi connectivity index (χ0v) is 11.8. The molecule has 1 unspecified atom stereocenters. The molecule has 0 spiro atoms. The van der Waals surface area contributed by atoms with Crippen LogP contribution in [0.25, 0.3) is 0 Å². The van der Waals surface area contributed by atoms with Crippen LogP contribution in [0.2, 0.25) is 0 Å². The first-order chi connectivity index (χ1) is 9.86. The van der Waals surface area contributed by atoms with E-state index >= 15 is 0 Å². The Kier molecular flexibility index (Phi) is 3.72. The van der Waals surface area contributed by atoms with Crippen LogP contribution < -0.4 is 5.32 Å². The number of alkyl halides is 3. The Hall–Kier alpha value is -1.10. The molecule has 0 amide bonds. The monoisotopic (exact) mass is 301 g/mol. The number of hydrogen-bond donors (Lipinski definition) is 1. The van der Waals surface area contributed by atoms with E-state index in [2.05, 4.69) is 5.32 Å². The van der Waals surface area contributed by atoms with E-state index in [1.807, 2.05) is 0 Å². The summed E-state index contributed by atoms with van der Waals surface area (Å²) in [6.45, 7) is 1.72. The quantitative estimate of drug-likeness (QED) is 0.823. The van der Waals surface area contributed by atoms with Gasteiger partial charge >= 0.3 is 6.18 Å². The van der Waals surface area contributed by atoms with E-state index in [0.29, 0.717) is 24.0 Å². The first-order valence-corrected chi connectivity index (χ1v) is 7.44. The van der Waals surface area contributed by atoms with Crippen molar-refractivity contribution >= 4 is 0 Å². The van der Waals surface area contributed by atoms with Gasteiger partial charge < -0.3 is 5.32 Å². The molecule has 1 nitrogen and oxygen atoms in total. The molecule has 1 aromatic carbocycles. The third kappa shape index (κ3) is 3.57. The van der Waals surface area contributed by atoms with Crippen molar-refractivity contribution < 1.29 is 17.6 Å². The van der Waals surface area contributed by atoms with E-state index in [4.69, 9.17) is 0 Å². The molecule has 1 saturated carbocycles. The highest BCUT2D eigenvalue weighted by Crippen LogP contribution is 2.45. The van der Waals surface area contributed by atoms with Gasteiger partial charge in [0, 0.05) is 6.54 Å². The van der Waals surface area contributed by atoms with E-state index in [9.17, 15) is 17.6 Å². The van der Waals surface area contributed by atoms with Gasteiger partial charge in [-0.3, -0.25) is 0 Å². The van der Waals surface area contributed by atoms with Crippen LogP contribution in [0.3, 0.4) is 0 Å². The number of halogens is 4. The van der Waals surface area contributed by atoms with E-state index in [0.717, 1.165) is 32.0 Å². The van der Waals surface area contributed by atoms with Crippen LogP contribution in [0.5, 0.6) is 0 Å². The summed E-state index contributed by atoms with van der Waals surface area (Å²) in [5.74, 6) is -0.0899. The zero-order valence-electron chi connectivity index (χ0n) is 11.8. The van der Waals surface area contributed by atoms with Crippen LogP contribution >= 0.6 is 0 Å². The second-order valence-corrected chi connectivity index (χ2v) is 6.60. The van der Waals surface area contributed by atoms with Gasteiger partial charge in [-0.2, -0.15) is 13.2 Å². The maximum atomic E-state index is 13.5. The molecule has 2 fully saturated rings. The second kappa shape index (κ2) is 5.27. The third-order valence-corrected chi connectivity index (χ3v) is 4.61. The first kappa shape index (κ1) is 14.8. The molecule has 0 bridgehead atoms. The van der Waals surface area contributed by atoms with Crippen molar-refractivity contribution in [1.29, 1.82) is 0 Å². The van der Waals surface area contributed by atoms with Gasteiger partial charge in [0.05, 0.1) is 5.56 Å². The first-order valence-electron chi connectivity index (χ1n) is 7.44. The molecule has 0 radical (unpaired) electrons. The van der Waals surface area contributed by atoms with Crippen LogP contribution in [-0.2, 0) is 12.6 Å². The van der Waals surface area contributed by atoms with Crippen molar-refractivity contribution in [3.05, 3.63) is 35.1 Å². The minimum absolute atomic E-state index is 0.00215. The topological polar surface area (TPSA) is 12.0 Å². The lowest BCUT2D eigenvalue weighted by molar-refractivity contribution is -0.137. The highest BCUT2D eigenvalue weighted by atomic mass is 19.4. The fourth-order valence-electron chi connectivity index (χ4n) is 3.48. The number of rotatable bonds is 4. The molecule has 1 saturated heterocycles. The Morgan fingerprint density at radius 3 is 2.52 bits per heavy atom. The lowest BCUT2D eigenvalue weighted by atomic mass is 9.76. The average molecular weight is 301 g/mol. The second-order valence-electron chi connectivity index (χ2n) is 6.60. The van der Waals surface area contributed by atoms with Crippen molar-refractivity contribution in [2.45, 2.75) is 38.3 Å². The van der Waals surface area contributed by atoms with E-state index in [1.165, 1.54) is 18.9 Å². The lowest BCUT2D eigenvalue weighted by Gasteiger charge is -2.29. The summed E-state index contributed by atoms with van der Waals surface area (Å²) in [6, 6.07) is 2.93. The molecular weight excluding hydrogens is 282 g/mol. The number of benzene rings is 1. The van der Waals surface area contributed by atoms with Gasteiger partial charge in [0.1, 0.15) is 5.82 Å². The van der Waals surface area contributed by atoms with Crippen LogP contribution in [-0.4, -0.2) is 13.1 Å². The maximum Gasteiger partial charge on any atom is 0.416 e. The number of hydrogen-bond acceptors (Lipinski definition) is 1. The summed E-state index contributed by atoms with van der Waals surface area (Å²) in [5, 5.41) is 3.31. The Labute approximate surface area is 121 Å². The molecule has 5 heteroatoms. The van der Waals surface area contributed by atoms with Gasteiger partial charge in [0.25, 0.3) is 0 Å². The smallest absolute Gasteiger partial charge is 0.316 e. The summed E-state index contributed by atoms with van der Waals surface area (Å²) >= 11 is 0. The Morgan fingerprint density at radius 2 is 1.95 bits per heavy atom. The van der Waals surface area contributed by atoms with Gasteiger partial charge in [0.2, 0.25) is 0 Å². The molecule has 3 rings (SSSR count). The Balaban J connectivity index is 1.83. The fraction of sp³-hybridized carbons (Fsp3) is 0.625. The molecule has 116 valence electrons. The molecule has 2 aliphatic rings. The molecule has 1 aliphatic heterocycles. The standard InChI is InChI=1S/C16H19F4N/c17-14-6-12(5-13(7-14)16(18,19)20)9-15(3-4-21-10-15)8-11-1-2-11/h5-7,11,21H,1-4,8-10H2. The van der Waals surface area contributed by atoms with Crippen molar-refractivity contribution in [2.24, 2.45) is 11.3 Å². The molecule has 1 aromatic rings. The Bertz CT molecular complexity index is 513. The molecule has 1 heterocycles. The van der Waals surface area contributed by atoms with E-state index < -0.39 is 17.6 Å². The van der Waals surface area contributed by atoms with Crippen molar-refractivity contribution in [3.8, 4) is 0 Å². The highest BCUT2D eigenvalue weighted by molar-refractivity contribution is 5.28. The largest absolute Gasteiger partial charge is 0.416 e. The highest BCUT2D eigenvalue weighted by Gasteiger charge is 2.40. The van der Waals surface area contributed by atoms with Gasteiger partial charge in [-0.1, -0.05) is 12.8 Å². The average Bonchev–Trinajstić information content (AvgIpc) is 3.05. The van der Waals surface area contributed by atoms with E-state index in [-0.39, 0.29) is 5.41 Å². The normalized spacial score (nSPS) is 26.3. The molecule has 1 N–H and O–H groups in total. The minimum Gasteiger partial charge on any atom is -0.316 e. The lowest BCUT2D eigenvalue weighted by Crippen LogP contribution is -2.27. The fourth-order valence-corrected chi connectivity index (χ4v) is 3.48. The number of nitrogens with one attached hydrogen (secondary N) is 1. The third-order valence-electron chi connectivity index (χ3n) is 4.61. The summed E-state index contributed by atoms with van der Waals surface area (Å²) in [7, 11) is 0. The van der Waals surface area contributed by atoms with Crippen molar-refractivity contribution in [2.75, 3.05) is 13.1 Å². The summed E-state index contributed by atoms with van der Waals surface area (Å²) in [6.07, 6.45) is 0.475. The Morgan fingerprint density at radius 1 is 1.19 bits per heavy atom. The van der Waals surface area contributed by atoms with Gasteiger partial charge in [-0.05, 0) is 60.9 Å². The molecular formula is C16H19F4N. The van der Waals surface area contributed by atoms with Crippen LogP contribution in [0.4, 0.5) is 17.6 Å². The van der Waals surface area contributed by atoms with Crippen molar-refractivity contribution in [3.63, 3.8) is 0 Å². The molecule has 21 heavy (non-hydrogen) atoms. The van der Waals surface area contributed by atoms with Crippen LogP contribution in [0.15, 0.2) is 18.2 Å². The van der Waals surface area contributed by atoms with Gasteiger partial charge in [0.15, 0.2) is 0 Å². The summed E-state index contributed by atoms with van der Waals surface area (Å²) < 4.78 is 51.9. The van der Waals surface area contributed by atoms with E-state index in [1.54, 1.807) is 0 Å². The summed E-state index contributed by atoms with van der Waals surface area (Å²) in [5.41, 5.74) is -0.422. The van der Waals surface area contributed by atoms with Gasteiger partial charge in [-0.15, -0.1) is 0 Å². The predicted octanol–water partition coefficient (Wildman–Crippen LogP) is 4.17. The molecule has 1 atom stereocenters. The zero-order chi connectivity index (χ0) is 15.1. The van der Waals surface area contributed by atoms with Crippen molar-refractivity contribution in [1.82, 2.24) is 5.32 Å². The van der Waals surface area contributed by atoms with Crippen LogP contribution in [0.1, 0.15) is 36.8 Å². The van der Waals surface area contributed by atoms with Crippen LogP contribution in [0, 0.1) is 17.2 Å². The SMILES string of the molecule is Fc1cc(CC2(CC3CC3)CCNC2)cc(C(F)(F)F)c1. The van der Waals surface area contributed by atoms with Gasteiger partial charge in [-0.25, -0.2) is 4.39 Å². The molecule has 0 aromatic heterocycles. The molecule has 1 aliphatic carbocycles. The predicted molar refractivity (Wildman–Crippen MR) is 72.4 cm³/mol.